The Balaban J connectivity index is 1.57. The molecule has 34 heavy (non-hydrogen) atoms. The Labute approximate surface area is 197 Å². The van der Waals surface area contributed by atoms with E-state index in [1.165, 1.54) is 0 Å². The molecular formula is C25H27N5O4. The van der Waals surface area contributed by atoms with E-state index in [1.807, 2.05) is 42.5 Å². The number of para-hydroxylation sites is 1. The third-order valence-electron chi connectivity index (χ3n) is 5.83. The molecule has 3 N–H and O–H groups in total. The highest BCUT2D eigenvalue weighted by Crippen LogP contribution is 2.29. The van der Waals surface area contributed by atoms with Gasteiger partial charge in [0.05, 0.1) is 5.52 Å². The predicted octanol–water partition coefficient (Wildman–Crippen LogP) is 1.74. The molecule has 2 aromatic carbocycles. The molecule has 2 amide bonds. The van der Waals surface area contributed by atoms with Gasteiger partial charge in [-0.3, -0.25) is 9.59 Å². The Morgan fingerprint density at radius 3 is 2.41 bits per heavy atom. The number of fused-ring (bicyclic) bond motifs is 1. The van der Waals surface area contributed by atoms with Crippen molar-refractivity contribution in [2.75, 3.05) is 38.1 Å². The minimum atomic E-state index is -1.14. The summed E-state index contributed by atoms with van der Waals surface area (Å²) in [4.78, 5) is 45.9. The average molecular weight is 462 g/mol. The Morgan fingerprint density at radius 1 is 1.03 bits per heavy atom. The largest absolute Gasteiger partial charge is 0.413 e. The number of Topliss-reactive ketones (excluding diaryl/α,β-unsaturated/α-hetero) is 1. The van der Waals surface area contributed by atoms with Crippen molar-refractivity contribution in [3.63, 3.8) is 0 Å². The lowest BCUT2D eigenvalue weighted by Crippen LogP contribution is -2.48. The summed E-state index contributed by atoms with van der Waals surface area (Å²) in [6.45, 7) is 3.42. The van der Waals surface area contributed by atoms with Gasteiger partial charge in [0.1, 0.15) is 17.6 Å². The first-order valence-corrected chi connectivity index (χ1v) is 11.1. The van der Waals surface area contributed by atoms with E-state index in [1.54, 1.807) is 18.2 Å². The Morgan fingerprint density at radius 2 is 1.71 bits per heavy atom. The molecule has 4 rings (SSSR count). The molecule has 2 heterocycles. The molecule has 0 aliphatic carbocycles. The van der Waals surface area contributed by atoms with E-state index in [2.05, 4.69) is 22.2 Å². The number of rotatable bonds is 7. The number of ketones is 1. The minimum absolute atomic E-state index is 0.112. The highest BCUT2D eigenvalue weighted by molar-refractivity contribution is 6.37. The summed E-state index contributed by atoms with van der Waals surface area (Å²) in [6.07, 6.45) is -0.738. The molecule has 0 radical (unpaired) electrons. The second kappa shape index (κ2) is 10.3. The molecule has 1 aliphatic rings. The molecule has 1 fully saturated rings. The van der Waals surface area contributed by atoms with Crippen LogP contribution in [0.4, 0.5) is 10.6 Å². The molecule has 9 nitrogen and oxygen atoms in total. The third kappa shape index (κ3) is 5.49. The number of hydrogen-bond donors (Lipinski definition) is 2. The number of piperazine rings is 1. The van der Waals surface area contributed by atoms with Gasteiger partial charge in [-0.25, -0.2) is 9.78 Å². The SMILES string of the molecule is CN1CCN(c2cc(OC(=O)NC(Cc3ccccc3)C(=O)C(N)=O)c3ccccc3n2)CC1. The van der Waals surface area contributed by atoms with Gasteiger partial charge in [-0.05, 0) is 24.7 Å². The molecule has 1 aromatic heterocycles. The second-order valence-electron chi connectivity index (χ2n) is 8.29. The van der Waals surface area contributed by atoms with Gasteiger partial charge in [-0.15, -0.1) is 0 Å². The fourth-order valence-corrected chi connectivity index (χ4v) is 3.91. The van der Waals surface area contributed by atoms with Crippen molar-refractivity contribution in [1.29, 1.82) is 0 Å². The number of likely N-dealkylation sites (N-methyl/N-ethyl adjacent to an activating group) is 1. The number of hydrogen-bond acceptors (Lipinski definition) is 7. The fourth-order valence-electron chi connectivity index (χ4n) is 3.91. The maximum Gasteiger partial charge on any atom is 0.413 e. The van der Waals surface area contributed by atoms with Crippen LogP contribution in [0, 0.1) is 0 Å². The summed E-state index contributed by atoms with van der Waals surface area (Å²) in [7, 11) is 2.07. The molecule has 0 bridgehead atoms. The summed E-state index contributed by atoms with van der Waals surface area (Å²) in [5.74, 6) is -0.975. The van der Waals surface area contributed by atoms with Gasteiger partial charge in [0.25, 0.3) is 5.91 Å². The normalized spacial score (nSPS) is 15.0. The van der Waals surface area contributed by atoms with E-state index in [4.69, 9.17) is 15.5 Å². The van der Waals surface area contributed by atoms with Crippen LogP contribution in [-0.4, -0.2) is 66.9 Å². The van der Waals surface area contributed by atoms with Crippen LogP contribution in [0.15, 0.2) is 60.7 Å². The average Bonchev–Trinajstić information content (AvgIpc) is 2.84. The number of anilines is 1. The number of aromatic nitrogens is 1. The zero-order valence-electron chi connectivity index (χ0n) is 18.9. The molecular weight excluding hydrogens is 434 g/mol. The summed E-state index contributed by atoms with van der Waals surface area (Å²) in [5.41, 5.74) is 6.67. The zero-order valence-corrected chi connectivity index (χ0v) is 18.9. The van der Waals surface area contributed by atoms with E-state index < -0.39 is 23.8 Å². The second-order valence-corrected chi connectivity index (χ2v) is 8.29. The van der Waals surface area contributed by atoms with Crippen LogP contribution in [0.2, 0.25) is 0 Å². The first kappa shape index (κ1) is 23.2. The van der Waals surface area contributed by atoms with Crippen LogP contribution in [0.3, 0.4) is 0 Å². The number of nitrogens with two attached hydrogens (primary N) is 1. The van der Waals surface area contributed by atoms with Crippen LogP contribution in [-0.2, 0) is 16.0 Å². The van der Waals surface area contributed by atoms with Gasteiger partial charge < -0.3 is 25.6 Å². The number of ether oxygens (including phenoxy) is 1. The molecule has 1 atom stereocenters. The van der Waals surface area contributed by atoms with E-state index in [-0.39, 0.29) is 6.42 Å². The quantitative estimate of drug-likeness (QED) is 0.515. The monoisotopic (exact) mass is 461 g/mol. The highest BCUT2D eigenvalue weighted by Gasteiger charge is 2.27. The zero-order chi connectivity index (χ0) is 24.1. The number of nitrogens with zero attached hydrogens (tertiary/aromatic N) is 3. The van der Waals surface area contributed by atoms with Gasteiger partial charge in [0.2, 0.25) is 5.78 Å². The van der Waals surface area contributed by atoms with Crippen molar-refractivity contribution in [2.45, 2.75) is 12.5 Å². The van der Waals surface area contributed by atoms with E-state index in [9.17, 15) is 14.4 Å². The van der Waals surface area contributed by atoms with Crippen molar-refractivity contribution >= 4 is 34.5 Å². The van der Waals surface area contributed by atoms with Crippen LogP contribution >= 0.6 is 0 Å². The number of amides is 2. The molecule has 1 unspecified atom stereocenters. The third-order valence-corrected chi connectivity index (χ3v) is 5.83. The summed E-state index contributed by atoms with van der Waals surface area (Å²) < 4.78 is 5.65. The number of pyridine rings is 1. The number of primary amides is 1. The van der Waals surface area contributed by atoms with Crippen molar-refractivity contribution in [3.8, 4) is 5.75 Å². The smallest absolute Gasteiger partial charge is 0.409 e. The van der Waals surface area contributed by atoms with E-state index in [0.29, 0.717) is 22.5 Å². The molecule has 1 saturated heterocycles. The van der Waals surface area contributed by atoms with Gasteiger partial charge >= 0.3 is 6.09 Å². The topological polar surface area (TPSA) is 118 Å². The van der Waals surface area contributed by atoms with Gasteiger partial charge in [0.15, 0.2) is 0 Å². The fraction of sp³-hybridized carbons (Fsp3) is 0.280. The van der Waals surface area contributed by atoms with Crippen molar-refractivity contribution in [3.05, 3.63) is 66.2 Å². The summed E-state index contributed by atoms with van der Waals surface area (Å²) in [6, 6.07) is 17.0. The van der Waals surface area contributed by atoms with Crippen LogP contribution in [0.25, 0.3) is 10.9 Å². The molecule has 1 aliphatic heterocycles. The Kier molecular flexibility index (Phi) is 7.03. The number of benzene rings is 2. The molecule has 9 heteroatoms. The summed E-state index contributed by atoms with van der Waals surface area (Å²) in [5, 5.41) is 3.18. The van der Waals surface area contributed by atoms with Crippen molar-refractivity contribution in [2.24, 2.45) is 5.73 Å². The standard InChI is InChI=1S/C25H27N5O4/c1-29-11-13-30(14-12-29)22-16-21(18-9-5-6-10-19(18)27-22)34-25(33)28-20(23(31)24(26)32)15-17-7-3-2-4-8-17/h2-10,16,20H,11-15H2,1H3,(H2,26,32)(H,28,33). The molecule has 176 valence electrons. The summed E-state index contributed by atoms with van der Waals surface area (Å²) >= 11 is 0. The number of carbonyl (C=O) groups excluding carboxylic acids is 3. The van der Waals surface area contributed by atoms with E-state index in [0.717, 1.165) is 31.7 Å². The lowest BCUT2D eigenvalue weighted by Gasteiger charge is -2.33. The number of nitrogens with one attached hydrogen (secondary N) is 1. The van der Waals surface area contributed by atoms with Crippen LogP contribution in [0.1, 0.15) is 5.56 Å². The Hall–Kier alpha value is -3.98. The van der Waals surface area contributed by atoms with Gasteiger partial charge in [0, 0.05) is 44.1 Å². The lowest BCUT2D eigenvalue weighted by atomic mass is 10.0. The first-order valence-electron chi connectivity index (χ1n) is 11.1. The molecule has 0 saturated carbocycles. The molecule has 3 aromatic rings. The maximum atomic E-state index is 12.8. The number of carbonyl (C=O) groups is 3. The van der Waals surface area contributed by atoms with E-state index >= 15 is 0 Å². The maximum absolute atomic E-state index is 12.8. The Bertz CT molecular complexity index is 1190. The van der Waals surface area contributed by atoms with Crippen molar-refractivity contribution < 1.29 is 19.1 Å². The first-order chi connectivity index (χ1) is 16.4. The highest BCUT2D eigenvalue weighted by atomic mass is 16.6. The van der Waals surface area contributed by atoms with Crippen LogP contribution in [0.5, 0.6) is 5.75 Å². The van der Waals surface area contributed by atoms with Gasteiger partial charge in [-0.2, -0.15) is 0 Å². The van der Waals surface area contributed by atoms with Crippen molar-refractivity contribution in [1.82, 2.24) is 15.2 Å². The minimum Gasteiger partial charge on any atom is -0.409 e. The van der Waals surface area contributed by atoms with Gasteiger partial charge in [-0.1, -0.05) is 42.5 Å². The predicted molar refractivity (Wildman–Crippen MR) is 129 cm³/mol. The molecule has 0 spiro atoms. The lowest BCUT2D eigenvalue weighted by molar-refractivity contribution is -0.137. The van der Waals surface area contributed by atoms with Crippen LogP contribution < -0.4 is 20.7 Å².